The number of hydrogen-bond donors (Lipinski definition) is 0. The Hall–Kier alpha value is -1.45. The molecule has 0 aromatic carbocycles. The third kappa shape index (κ3) is 1.78. The maximum Gasteiger partial charge on any atom is 0.341 e. The second kappa shape index (κ2) is 3.80. The normalized spacial score (nSPS) is 9.50. The lowest BCUT2D eigenvalue weighted by Crippen LogP contribution is -2.07. The lowest BCUT2D eigenvalue weighted by molar-refractivity contribution is 0.0521. The number of hydrogen-bond acceptors (Lipinski definition) is 3. The first-order valence-electron chi connectivity index (χ1n) is 3.52. The van der Waals surface area contributed by atoms with E-state index in [1.807, 2.05) is 0 Å². The molecule has 0 unspecified atom stereocenters. The Morgan fingerprint density at radius 1 is 1.75 bits per heavy atom. The van der Waals surface area contributed by atoms with E-state index in [-0.39, 0.29) is 12.2 Å². The summed E-state index contributed by atoms with van der Waals surface area (Å²) in [6.45, 7) is 1.90. The highest BCUT2D eigenvalue weighted by molar-refractivity contribution is 5.89. The van der Waals surface area contributed by atoms with Crippen LogP contribution in [0.4, 0.5) is 4.39 Å². The first-order valence-corrected chi connectivity index (χ1v) is 3.52. The molecule has 0 aliphatic carbocycles. The van der Waals surface area contributed by atoms with Crippen LogP contribution in [0.25, 0.3) is 0 Å². The lowest BCUT2D eigenvalue weighted by Gasteiger charge is -2.00. The van der Waals surface area contributed by atoms with E-state index in [2.05, 4.69) is 9.72 Å². The van der Waals surface area contributed by atoms with Crippen molar-refractivity contribution < 1.29 is 13.9 Å². The van der Waals surface area contributed by atoms with Gasteiger partial charge in [0, 0.05) is 6.20 Å². The molecule has 1 rings (SSSR count). The molecule has 0 radical (unpaired) electrons. The fourth-order valence-corrected chi connectivity index (χ4v) is 0.750. The van der Waals surface area contributed by atoms with Crippen LogP contribution in [0.15, 0.2) is 18.5 Å². The monoisotopic (exact) mass is 169 g/mol. The topological polar surface area (TPSA) is 39.2 Å². The smallest absolute Gasteiger partial charge is 0.341 e. The van der Waals surface area contributed by atoms with Crippen molar-refractivity contribution in [2.45, 2.75) is 6.92 Å². The van der Waals surface area contributed by atoms with E-state index in [1.54, 1.807) is 6.92 Å². The number of halogens is 1. The van der Waals surface area contributed by atoms with Crippen LogP contribution in [0.2, 0.25) is 0 Å². The van der Waals surface area contributed by atoms with Crippen molar-refractivity contribution in [3.8, 4) is 0 Å². The molecule has 0 aliphatic heterocycles. The fourth-order valence-electron chi connectivity index (χ4n) is 0.750. The maximum atomic E-state index is 12.8. The van der Waals surface area contributed by atoms with Crippen LogP contribution < -0.4 is 0 Å². The molecule has 0 saturated heterocycles. The number of carbonyl (C=O) groups is 1. The van der Waals surface area contributed by atoms with E-state index in [0.717, 1.165) is 6.20 Å². The molecule has 1 aromatic rings. The third-order valence-electron chi connectivity index (χ3n) is 1.27. The zero-order chi connectivity index (χ0) is 8.97. The van der Waals surface area contributed by atoms with Gasteiger partial charge in [0.2, 0.25) is 0 Å². The van der Waals surface area contributed by atoms with Gasteiger partial charge in [-0.2, -0.15) is 0 Å². The summed E-state index contributed by atoms with van der Waals surface area (Å²) in [7, 11) is 0. The van der Waals surface area contributed by atoms with Crippen molar-refractivity contribution in [3.05, 3.63) is 29.8 Å². The fraction of sp³-hybridized carbons (Fsp3) is 0.250. The van der Waals surface area contributed by atoms with Crippen molar-refractivity contribution >= 4 is 5.97 Å². The molecule has 0 amide bonds. The number of carbonyl (C=O) groups excluding carboxylic acids is 1. The first kappa shape index (κ1) is 8.64. The number of rotatable bonds is 2. The van der Waals surface area contributed by atoms with Crippen LogP contribution in [0.3, 0.4) is 0 Å². The summed E-state index contributed by atoms with van der Waals surface area (Å²) in [5, 5.41) is 0. The highest BCUT2D eigenvalue weighted by Gasteiger charge is 2.10. The van der Waals surface area contributed by atoms with Gasteiger partial charge in [-0.1, -0.05) is 0 Å². The van der Waals surface area contributed by atoms with Crippen LogP contribution in [0.1, 0.15) is 17.3 Å². The van der Waals surface area contributed by atoms with Crippen molar-refractivity contribution in [2.75, 3.05) is 6.61 Å². The van der Waals surface area contributed by atoms with Gasteiger partial charge in [0.15, 0.2) is 5.82 Å². The Labute approximate surface area is 69.2 Å². The standard InChI is InChI=1S/C8H8FNO2/c1-2-12-8(11)6-3-4-10-5-7(6)9/h3-5H,2H2,1H3. The molecular formula is C8H8FNO2. The molecule has 4 heteroatoms. The molecule has 0 fully saturated rings. The van der Waals surface area contributed by atoms with Crippen molar-refractivity contribution in [1.82, 2.24) is 4.98 Å². The summed E-state index contributed by atoms with van der Waals surface area (Å²) in [6.07, 6.45) is 2.32. The van der Waals surface area contributed by atoms with E-state index in [0.29, 0.717) is 0 Å². The summed E-state index contributed by atoms with van der Waals surface area (Å²) in [5.74, 6) is -1.31. The number of nitrogens with zero attached hydrogens (tertiary/aromatic N) is 1. The molecule has 0 bridgehead atoms. The summed E-state index contributed by atoms with van der Waals surface area (Å²) >= 11 is 0. The number of ether oxygens (including phenoxy) is 1. The van der Waals surface area contributed by atoms with Gasteiger partial charge in [-0.25, -0.2) is 9.18 Å². The average molecular weight is 169 g/mol. The van der Waals surface area contributed by atoms with Crippen LogP contribution >= 0.6 is 0 Å². The predicted molar refractivity (Wildman–Crippen MR) is 40.2 cm³/mol. The number of esters is 1. The highest BCUT2D eigenvalue weighted by Crippen LogP contribution is 2.05. The SMILES string of the molecule is CCOC(=O)c1ccncc1F. The Morgan fingerprint density at radius 2 is 2.50 bits per heavy atom. The van der Waals surface area contributed by atoms with Crippen LogP contribution in [-0.4, -0.2) is 17.6 Å². The maximum absolute atomic E-state index is 12.8. The van der Waals surface area contributed by atoms with Gasteiger partial charge in [0.05, 0.1) is 18.4 Å². The molecule has 0 N–H and O–H groups in total. The molecule has 3 nitrogen and oxygen atoms in total. The largest absolute Gasteiger partial charge is 0.462 e. The van der Waals surface area contributed by atoms with E-state index in [1.165, 1.54) is 12.3 Å². The zero-order valence-corrected chi connectivity index (χ0v) is 6.58. The van der Waals surface area contributed by atoms with Gasteiger partial charge in [-0.15, -0.1) is 0 Å². The minimum Gasteiger partial charge on any atom is -0.462 e. The van der Waals surface area contributed by atoms with E-state index < -0.39 is 11.8 Å². The molecule has 64 valence electrons. The molecule has 0 atom stereocenters. The predicted octanol–water partition coefficient (Wildman–Crippen LogP) is 1.40. The first-order chi connectivity index (χ1) is 5.75. The molecule has 12 heavy (non-hydrogen) atoms. The quantitative estimate of drug-likeness (QED) is 0.628. The summed E-state index contributed by atoms with van der Waals surface area (Å²) < 4.78 is 17.4. The molecular weight excluding hydrogens is 161 g/mol. The van der Waals surface area contributed by atoms with Crippen LogP contribution in [0.5, 0.6) is 0 Å². The Balaban J connectivity index is 2.87. The number of aromatic nitrogens is 1. The second-order valence-electron chi connectivity index (χ2n) is 2.08. The van der Waals surface area contributed by atoms with Gasteiger partial charge >= 0.3 is 5.97 Å². The van der Waals surface area contributed by atoms with Crippen LogP contribution in [0, 0.1) is 5.82 Å². The summed E-state index contributed by atoms with van der Waals surface area (Å²) in [5.41, 5.74) is -0.0770. The van der Waals surface area contributed by atoms with Crippen molar-refractivity contribution in [1.29, 1.82) is 0 Å². The molecule has 0 spiro atoms. The minimum atomic E-state index is -0.657. The van der Waals surface area contributed by atoms with Crippen LogP contribution in [-0.2, 0) is 4.74 Å². The zero-order valence-electron chi connectivity index (χ0n) is 6.58. The molecule has 0 saturated carbocycles. The number of pyridine rings is 1. The van der Waals surface area contributed by atoms with E-state index in [4.69, 9.17) is 0 Å². The Morgan fingerprint density at radius 3 is 3.08 bits per heavy atom. The minimum absolute atomic E-state index is 0.0770. The average Bonchev–Trinajstić information content (AvgIpc) is 2.05. The van der Waals surface area contributed by atoms with E-state index >= 15 is 0 Å². The van der Waals surface area contributed by atoms with Crippen molar-refractivity contribution in [2.24, 2.45) is 0 Å². The summed E-state index contributed by atoms with van der Waals surface area (Å²) in [6, 6.07) is 1.29. The second-order valence-corrected chi connectivity index (χ2v) is 2.08. The van der Waals surface area contributed by atoms with Crippen molar-refractivity contribution in [3.63, 3.8) is 0 Å². The van der Waals surface area contributed by atoms with Gasteiger partial charge in [0.25, 0.3) is 0 Å². The third-order valence-corrected chi connectivity index (χ3v) is 1.27. The summed E-state index contributed by atoms with van der Waals surface area (Å²) in [4.78, 5) is 14.5. The van der Waals surface area contributed by atoms with Gasteiger partial charge < -0.3 is 4.74 Å². The molecule has 0 aliphatic rings. The molecule has 1 heterocycles. The lowest BCUT2D eigenvalue weighted by atomic mass is 10.2. The van der Waals surface area contributed by atoms with E-state index in [9.17, 15) is 9.18 Å². The molecule has 1 aromatic heterocycles. The van der Waals surface area contributed by atoms with Gasteiger partial charge in [0.1, 0.15) is 0 Å². The Bertz CT molecular complexity index is 288. The Kier molecular flexibility index (Phi) is 2.74. The van der Waals surface area contributed by atoms with Gasteiger partial charge in [-0.05, 0) is 13.0 Å². The highest BCUT2D eigenvalue weighted by atomic mass is 19.1. The van der Waals surface area contributed by atoms with Gasteiger partial charge in [-0.3, -0.25) is 4.98 Å².